The van der Waals surface area contributed by atoms with Crippen LogP contribution in [-0.2, 0) is 4.79 Å². The molecule has 0 saturated heterocycles. The maximum absolute atomic E-state index is 11.3. The highest BCUT2D eigenvalue weighted by Gasteiger charge is 2.13. The highest BCUT2D eigenvalue weighted by molar-refractivity contribution is 5.79. The summed E-state index contributed by atoms with van der Waals surface area (Å²) in [5.41, 5.74) is 5.25. The van der Waals surface area contributed by atoms with Crippen molar-refractivity contribution in [3.05, 3.63) is 12.7 Å². The fourth-order valence-corrected chi connectivity index (χ4v) is 0.881. The Hall–Kier alpha value is -1.43. The van der Waals surface area contributed by atoms with Crippen molar-refractivity contribution in [2.24, 2.45) is 5.73 Å². The smallest absolute Gasteiger partial charge is 0.244 e. The summed E-state index contributed by atoms with van der Waals surface area (Å²) in [6, 6.07) is -0.339. The molecule has 1 aromatic heterocycles. The normalized spacial score (nSPS) is 12.5. The van der Waals surface area contributed by atoms with Crippen LogP contribution < -0.4 is 11.1 Å². The van der Waals surface area contributed by atoms with E-state index in [0.717, 1.165) is 0 Å². The van der Waals surface area contributed by atoms with Crippen LogP contribution >= 0.6 is 0 Å². The van der Waals surface area contributed by atoms with Crippen molar-refractivity contribution < 1.29 is 4.79 Å². The first kappa shape index (κ1) is 9.66. The van der Waals surface area contributed by atoms with Crippen molar-refractivity contribution in [3.8, 4) is 0 Å². The molecule has 0 fully saturated rings. The van der Waals surface area contributed by atoms with E-state index in [1.54, 1.807) is 6.92 Å². The van der Waals surface area contributed by atoms with E-state index in [1.807, 2.05) is 0 Å². The lowest BCUT2D eigenvalue weighted by atomic mass is 10.3. The van der Waals surface area contributed by atoms with Gasteiger partial charge in [-0.25, -0.2) is 9.67 Å². The number of hydrogen-bond donors (Lipinski definition) is 2. The lowest BCUT2D eigenvalue weighted by molar-refractivity contribution is -0.124. The van der Waals surface area contributed by atoms with Crippen LogP contribution in [0.15, 0.2) is 12.7 Å². The highest BCUT2D eigenvalue weighted by Crippen LogP contribution is 2.00. The Morgan fingerprint density at radius 1 is 1.77 bits per heavy atom. The molecule has 1 rings (SSSR count). The summed E-state index contributed by atoms with van der Waals surface area (Å²) in [6.07, 6.45) is 2.90. The second-order valence-electron chi connectivity index (χ2n) is 2.63. The zero-order chi connectivity index (χ0) is 9.68. The summed E-state index contributed by atoms with van der Waals surface area (Å²) in [5, 5.41) is 6.53. The van der Waals surface area contributed by atoms with Gasteiger partial charge in [-0.15, -0.1) is 0 Å². The molecule has 72 valence electrons. The highest BCUT2D eigenvalue weighted by atomic mass is 16.2. The molecule has 1 heterocycles. The fourth-order valence-electron chi connectivity index (χ4n) is 0.881. The minimum atomic E-state index is -0.339. The Labute approximate surface area is 76.1 Å². The van der Waals surface area contributed by atoms with Crippen molar-refractivity contribution in [1.29, 1.82) is 0 Å². The monoisotopic (exact) mass is 183 g/mol. The number of nitrogens with two attached hydrogens (primary N) is 1. The van der Waals surface area contributed by atoms with E-state index in [9.17, 15) is 4.79 Å². The van der Waals surface area contributed by atoms with Crippen LogP contribution in [0.3, 0.4) is 0 Å². The Kier molecular flexibility index (Phi) is 3.39. The summed E-state index contributed by atoms with van der Waals surface area (Å²) in [4.78, 5) is 15.1. The molecule has 0 aliphatic heterocycles. The molecule has 6 heteroatoms. The van der Waals surface area contributed by atoms with Crippen molar-refractivity contribution in [3.63, 3.8) is 0 Å². The maximum atomic E-state index is 11.3. The molecule has 0 bridgehead atoms. The van der Waals surface area contributed by atoms with Crippen LogP contribution in [0, 0.1) is 0 Å². The number of rotatable bonds is 4. The average molecular weight is 183 g/mol. The van der Waals surface area contributed by atoms with Crippen LogP contribution in [0.5, 0.6) is 0 Å². The van der Waals surface area contributed by atoms with Gasteiger partial charge in [0.15, 0.2) is 0 Å². The van der Waals surface area contributed by atoms with Crippen LogP contribution in [0.2, 0.25) is 0 Å². The molecule has 0 aromatic carbocycles. The molecule has 0 radical (unpaired) electrons. The first-order chi connectivity index (χ1) is 6.25. The van der Waals surface area contributed by atoms with E-state index in [2.05, 4.69) is 15.4 Å². The van der Waals surface area contributed by atoms with Crippen LogP contribution in [0.25, 0.3) is 0 Å². The fraction of sp³-hybridized carbons (Fsp3) is 0.571. The largest absolute Gasteiger partial charge is 0.353 e. The van der Waals surface area contributed by atoms with Crippen molar-refractivity contribution in [1.82, 2.24) is 20.1 Å². The standard InChI is InChI=1S/C7H13N5O/c1-6(7(13)10-3-2-8)12-5-9-4-11-12/h4-6H,2-3,8H2,1H3,(H,10,13). The van der Waals surface area contributed by atoms with Gasteiger partial charge in [-0.05, 0) is 6.92 Å². The minimum Gasteiger partial charge on any atom is -0.353 e. The maximum Gasteiger partial charge on any atom is 0.244 e. The first-order valence-electron chi connectivity index (χ1n) is 4.07. The Bertz CT molecular complexity index is 258. The number of aromatic nitrogens is 3. The number of carbonyl (C=O) groups is 1. The quantitative estimate of drug-likeness (QED) is 0.621. The van der Waals surface area contributed by atoms with Gasteiger partial charge in [-0.2, -0.15) is 5.10 Å². The molecule has 0 aliphatic carbocycles. The number of nitrogens with one attached hydrogen (secondary N) is 1. The van der Waals surface area contributed by atoms with Gasteiger partial charge in [-0.1, -0.05) is 0 Å². The van der Waals surface area contributed by atoms with Gasteiger partial charge in [0, 0.05) is 13.1 Å². The van der Waals surface area contributed by atoms with Gasteiger partial charge in [0.1, 0.15) is 18.7 Å². The third-order valence-electron chi connectivity index (χ3n) is 1.66. The minimum absolute atomic E-state index is 0.101. The van der Waals surface area contributed by atoms with E-state index < -0.39 is 0 Å². The number of nitrogens with zero attached hydrogens (tertiary/aromatic N) is 3. The summed E-state index contributed by atoms with van der Waals surface area (Å²) in [6.45, 7) is 2.67. The van der Waals surface area contributed by atoms with E-state index >= 15 is 0 Å². The molecule has 1 amide bonds. The Morgan fingerprint density at radius 2 is 2.54 bits per heavy atom. The zero-order valence-corrected chi connectivity index (χ0v) is 7.47. The molecule has 0 aliphatic rings. The van der Waals surface area contributed by atoms with Gasteiger partial charge in [0.2, 0.25) is 5.91 Å². The second-order valence-corrected chi connectivity index (χ2v) is 2.63. The van der Waals surface area contributed by atoms with Crippen molar-refractivity contribution >= 4 is 5.91 Å². The topological polar surface area (TPSA) is 85.8 Å². The first-order valence-corrected chi connectivity index (χ1v) is 4.07. The van der Waals surface area contributed by atoms with Gasteiger partial charge < -0.3 is 11.1 Å². The molecule has 0 spiro atoms. The Morgan fingerprint density at radius 3 is 3.08 bits per heavy atom. The van der Waals surface area contributed by atoms with Gasteiger partial charge in [0.05, 0.1) is 0 Å². The molecular weight excluding hydrogens is 170 g/mol. The number of amides is 1. The molecule has 1 aromatic rings. The third kappa shape index (κ3) is 2.51. The molecule has 1 atom stereocenters. The van der Waals surface area contributed by atoms with E-state index in [1.165, 1.54) is 17.3 Å². The summed E-state index contributed by atoms with van der Waals surface area (Å²) in [7, 11) is 0. The molecule has 3 N–H and O–H groups in total. The van der Waals surface area contributed by atoms with E-state index in [0.29, 0.717) is 13.1 Å². The average Bonchev–Trinajstić information content (AvgIpc) is 2.65. The van der Waals surface area contributed by atoms with Crippen LogP contribution in [0.4, 0.5) is 0 Å². The van der Waals surface area contributed by atoms with Crippen LogP contribution in [0.1, 0.15) is 13.0 Å². The van der Waals surface area contributed by atoms with E-state index in [4.69, 9.17) is 5.73 Å². The summed E-state index contributed by atoms with van der Waals surface area (Å²) < 4.78 is 1.49. The second kappa shape index (κ2) is 4.56. The third-order valence-corrected chi connectivity index (χ3v) is 1.66. The number of carbonyl (C=O) groups excluding carboxylic acids is 1. The molecule has 0 saturated carbocycles. The molecular formula is C7H13N5O. The lowest BCUT2D eigenvalue weighted by Gasteiger charge is -2.10. The lowest BCUT2D eigenvalue weighted by Crippen LogP contribution is -2.34. The molecule has 6 nitrogen and oxygen atoms in total. The Balaban J connectivity index is 2.48. The predicted octanol–water partition coefficient (Wildman–Crippen LogP) is -1.09. The number of hydrogen-bond acceptors (Lipinski definition) is 4. The van der Waals surface area contributed by atoms with Crippen molar-refractivity contribution in [2.75, 3.05) is 13.1 Å². The van der Waals surface area contributed by atoms with Gasteiger partial charge in [-0.3, -0.25) is 4.79 Å². The summed E-state index contributed by atoms with van der Waals surface area (Å²) in [5.74, 6) is -0.101. The SMILES string of the molecule is CC(C(=O)NCCN)n1cncn1. The molecule has 1 unspecified atom stereocenters. The zero-order valence-electron chi connectivity index (χ0n) is 7.47. The van der Waals surface area contributed by atoms with Crippen LogP contribution in [-0.4, -0.2) is 33.8 Å². The van der Waals surface area contributed by atoms with Gasteiger partial charge in [0.25, 0.3) is 0 Å². The predicted molar refractivity (Wildman–Crippen MR) is 46.8 cm³/mol. The van der Waals surface area contributed by atoms with Crippen molar-refractivity contribution in [2.45, 2.75) is 13.0 Å². The molecule has 13 heavy (non-hydrogen) atoms. The van der Waals surface area contributed by atoms with E-state index in [-0.39, 0.29) is 11.9 Å². The van der Waals surface area contributed by atoms with Gasteiger partial charge >= 0.3 is 0 Å². The summed E-state index contributed by atoms with van der Waals surface area (Å²) >= 11 is 0.